The minimum atomic E-state index is -0.785. The van der Waals surface area contributed by atoms with Gasteiger partial charge in [0.25, 0.3) is 0 Å². The van der Waals surface area contributed by atoms with Crippen LogP contribution in [0.1, 0.15) is 25.3 Å². The third-order valence-corrected chi connectivity index (χ3v) is 8.69. The lowest BCUT2D eigenvalue weighted by Gasteiger charge is -2.34. The summed E-state index contributed by atoms with van der Waals surface area (Å²) in [5, 5.41) is 12.9. The summed E-state index contributed by atoms with van der Waals surface area (Å²) in [7, 11) is 0. The molecule has 0 aromatic heterocycles. The number of esters is 1. The van der Waals surface area contributed by atoms with E-state index in [1.165, 1.54) is 4.90 Å². The SMILES string of the molecule is CCOC(=O)[C@@H]1[C@H]2C(=O)N(CCO)C(C(=O)Nc3c(C)cccc3Cl)C23CC[C@H]1S3. The number of thioether (sulfide) groups is 1. The van der Waals surface area contributed by atoms with Crippen LogP contribution in [0.4, 0.5) is 5.69 Å². The lowest BCUT2D eigenvalue weighted by atomic mass is 9.71. The van der Waals surface area contributed by atoms with Crippen molar-refractivity contribution in [1.29, 1.82) is 0 Å². The number of likely N-dealkylation sites (tertiary alicyclic amines) is 1. The van der Waals surface area contributed by atoms with Crippen LogP contribution in [0.3, 0.4) is 0 Å². The van der Waals surface area contributed by atoms with E-state index in [-0.39, 0.29) is 42.8 Å². The molecule has 0 radical (unpaired) electrons. The molecular weight excluding hydrogens is 428 g/mol. The number of ether oxygens (including phenoxy) is 1. The monoisotopic (exact) mass is 452 g/mol. The Kier molecular flexibility index (Phi) is 5.76. The van der Waals surface area contributed by atoms with Crippen molar-refractivity contribution in [3.8, 4) is 0 Å². The number of amides is 2. The summed E-state index contributed by atoms with van der Waals surface area (Å²) in [6.45, 7) is 3.61. The van der Waals surface area contributed by atoms with Gasteiger partial charge in [-0.05, 0) is 38.3 Å². The molecule has 3 aliphatic rings. The smallest absolute Gasteiger partial charge is 0.310 e. The van der Waals surface area contributed by atoms with E-state index in [4.69, 9.17) is 16.3 Å². The van der Waals surface area contributed by atoms with Crippen LogP contribution in [0.2, 0.25) is 5.02 Å². The second-order valence-corrected chi connectivity index (χ2v) is 9.99. The molecule has 2 unspecified atom stereocenters. The number of carbonyl (C=O) groups excluding carboxylic acids is 3. The number of hydrogen-bond acceptors (Lipinski definition) is 6. The zero-order valence-corrected chi connectivity index (χ0v) is 18.5. The molecule has 3 heterocycles. The third-order valence-electron chi connectivity index (χ3n) is 6.42. The maximum Gasteiger partial charge on any atom is 0.310 e. The number of aryl methyl sites for hydroxylation is 1. The highest BCUT2D eigenvalue weighted by Gasteiger charge is 2.73. The van der Waals surface area contributed by atoms with Gasteiger partial charge in [0.2, 0.25) is 11.8 Å². The van der Waals surface area contributed by atoms with Crippen LogP contribution < -0.4 is 5.32 Å². The molecule has 30 heavy (non-hydrogen) atoms. The van der Waals surface area contributed by atoms with Crippen LogP contribution in [0.25, 0.3) is 0 Å². The standard InChI is InChI=1S/C21H25ClN2O5S/c1-3-29-20(28)14-13-7-8-21(30-13)15(14)19(27)24(9-10-25)17(21)18(26)23-16-11(2)5-4-6-12(16)22/h4-6,13-15,17,25H,3,7-10H2,1-2H3,(H,23,26)/t13-,14+,15+,17?,21?/m1/s1. The maximum atomic E-state index is 13.5. The van der Waals surface area contributed by atoms with Gasteiger partial charge in [-0.25, -0.2) is 0 Å². The van der Waals surface area contributed by atoms with Gasteiger partial charge in [-0.1, -0.05) is 23.7 Å². The number of para-hydroxylation sites is 1. The van der Waals surface area contributed by atoms with Gasteiger partial charge in [-0.15, -0.1) is 11.8 Å². The number of carbonyl (C=O) groups is 3. The Morgan fingerprint density at radius 3 is 2.87 bits per heavy atom. The summed E-state index contributed by atoms with van der Waals surface area (Å²) in [6, 6.07) is 4.56. The second-order valence-electron chi connectivity index (χ2n) is 7.98. The van der Waals surface area contributed by atoms with Gasteiger partial charge in [-0.3, -0.25) is 14.4 Å². The van der Waals surface area contributed by atoms with Gasteiger partial charge in [0.05, 0.1) is 40.5 Å². The number of nitrogens with zero attached hydrogens (tertiary/aromatic N) is 1. The quantitative estimate of drug-likeness (QED) is 0.642. The Bertz CT molecular complexity index is 876. The normalized spacial score (nSPS) is 31.7. The number of hydrogen-bond donors (Lipinski definition) is 2. The molecule has 7 nitrogen and oxygen atoms in total. The van der Waals surface area contributed by atoms with Crippen molar-refractivity contribution in [2.24, 2.45) is 11.8 Å². The Balaban J connectivity index is 1.71. The summed E-state index contributed by atoms with van der Waals surface area (Å²) in [4.78, 5) is 41.0. The fourth-order valence-electron chi connectivity index (χ4n) is 5.29. The first kappa shape index (κ1) is 21.5. The van der Waals surface area contributed by atoms with E-state index in [9.17, 15) is 19.5 Å². The molecule has 1 aromatic rings. The number of halogens is 1. The number of anilines is 1. The van der Waals surface area contributed by atoms with Gasteiger partial charge in [0.1, 0.15) is 6.04 Å². The number of aliphatic hydroxyl groups excluding tert-OH is 1. The number of aliphatic hydroxyl groups is 1. The van der Waals surface area contributed by atoms with E-state index in [1.807, 2.05) is 13.0 Å². The Hall–Kier alpha value is -1.77. The van der Waals surface area contributed by atoms with Gasteiger partial charge in [-0.2, -0.15) is 0 Å². The van der Waals surface area contributed by atoms with Gasteiger partial charge in [0, 0.05) is 11.8 Å². The first-order valence-electron chi connectivity index (χ1n) is 10.2. The maximum absolute atomic E-state index is 13.5. The molecule has 2 amide bonds. The van der Waals surface area contributed by atoms with Crippen LogP contribution >= 0.6 is 23.4 Å². The van der Waals surface area contributed by atoms with Crippen LogP contribution in [-0.4, -0.2) is 63.6 Å². The number of nitrogens with one attached hydrogen (secondary N) is 1. The fraction of sp³-hybridized carbons (Fsp3) is 0.571. The molecule has 3 aliphatic heterocycles. The molecule has 9 heteroatoms. The molecule has 5 atom stereocenters. The summed E-state index contributed by atoms with van der Waals surface area (Å²) in [6.07, 6.45) is 1.41. The molecule has 3 fully saturated rings. The van der Waals surface area contributed by atoms with Crippen molar-refractivity contribution >= 4 is 46.8 Å². The summed E-state index contributed by atoms with van der Waals surface area (Å²) >= 11 is 7.85. The highest BCUT2D eigenvalue weighted by Crippen LogP contribution is 2.66. The summed E-state index contributed by atoms with van der Waals surface area (Å²) in [5.41, 5.74) is 1.33. The minimum Gasteiger partial charge on any atom is -0.466 e. The largest absolute Gasteiger partial charge is 0.466 e. The Morgan fingerprint density at radius 1 is 1.43 bits per heavy atom. The zero-order chi connectivity index (χ0) is 21.6. The van der Waals surface area contributed by atoms with E-state index < -0.39 is 22.6 Å². The number of β-amino-alcohol motifs (C(OH)–C–C–N with tert-alkyl or cyclic N) is 1. The molecule has 0 aliphatic carbocycles. The second kappa shape index (κ2) is 8.05. The molecular formula is C21H25ClN2O5S. The molecule has 4 rings (SSSR count). The molecule has 3 saturated heterocycles. The number of fused-ring (bicyclic) bond motifs is 1. The van der Waals surface area contributed by atoms with Gasteiger partial charge >= 0.3 is 5.97 Å². The van der Waals surface area contributed by atoms with Crippen molar-refractivity contribution in [3.63, 3.8) is 0 Å². The number of rotatable bonds is 6. The minimum absolute atomic E-state index is 0.0355. The van der Waals surface area contributed by atoms with E-state index in [0.29, 0.717) is 17.1 Å². The lowest BCUT2D eigenvalue weighted by molar-refractivity contribution is -0.153. The average Bonchev–Trinajstić information content (AvgIpc) is 3.33. The molecule has 0 saturated carbocycles. The van der Waals surface area contributed by atoms with E-state index in [0.717, 1.165) is 12.0 Å². The molecule has 2 N–H and O–H groups in total. The summed E-state index contributed by atoms with van der Waals surface area (Å²) in [5.74, 6) is -2.14. The first-order chi connectivity index (χ1) is 14.4. The van der Waals surface area contributed by atoms with Crippen molar-refractivity contribution in [2.75, 3.05) is 25.1 Å². The topological polar surface area (TPSA) is 95.9 Å². The summed E-state index contributed by atoms with van der Waals surface area (Å²) < 4.78 is 4.56. The van der Waals surface area contributed by atoms with Crippen LogP contribution in [0.5, 0.6) is 0 Å². The van der Waals surface area contributed by atoms with E-state index in [2.05, 4.69) is 5.32 Å². The van der Waals surface area contributed by atoms with Crippen LogP contribution in [0, 0.1) is 18.8 Å². The predicted octanol–water partition coefficient (Wildman–Crippen LogP) is 2.23. The van der Waals surface area contributed by atoms with E-state index in [1.54, 1.807) is 30.8 Å². The van der Waals surface area contributed by atoms with Crippen molar-refractivity contribution in [3.05, 3.63) is 28.8 Å². The van der Waals surface area contributed by atoms with Gasteiger partial charge < -0.3 is 20.1 Å². The average molecular weight is 453 g/mol. The zero-order valence-electron chi connectivity index (χ0n) is 16.9. The van der Waals surface area contributed by atoms with Crippen molar-refractivity contribution in [1.82, 2.24) is 4.90 Å². The van der Waals surface area contributed by atoms with Crippen LogP contribution in [0.15, 0.2) is 18.2 Å². The fourth-order valence-corrected chi connectivity index (χ4v) is 7.77. The molecule has 162 valence electrons. The number of benzene rings is 1. The predicted molar refractivity (Wildman–Crippen MR) is 114 cm³/mol. The van der Waals surface area contributed by atoms with Crippen molar-refractivity contribution < 1.29 is 24.2 Å². The third kappa shape index (κ3) is 3.11. The molecule has 1 aromatic carbocycles. The highest BCUT2D eigenvalue weighted by molar-refractivity contribution is 8.02. The molecule has 1 spiro atoms. The van der Waals surface area contributed by atoms with Crippen molar-refractivity contribution in [2.45, 2.75) is 42.7 Å². The first-order valence-corrected chi connectivity index (χ1v) is 11.4. The Morgan fingerprint density at radius 2 is 2.20 bits per heavy atom. The van der Waals surface area contributed by atoms with E-state index >= 15 is 0 Å². The van der Waals surface area contributed by atoms with Crippen LogP contribution in [-0.2, 0) is 19.1 Å². The lowest BCUT2D eigenvalue weighted by Crippen LogP contribution is -2.52. The molecule has 2 bridgehead atoms. The highest BCUT2D eigenvalue weighted by atomic mass is 35.5. The van der Waals surface area contributed by atoms with Gasteiger partial charge in [0.15, 0.2) is 0 Å². The Labute approximate surface area is 184 Å².